The van der Waals surface area contributed by atoms with Crippen LogP contribution in [0.25, 0.3) is 0 Å². The van der Waals surface area contributed by atoms with Crippen LogP contribution in [-0.4, -0.2) is 19.8 Å². The SMILES string of the molecule is CS(=O)(=O)c1ccccc1O.Cl. The molecule has 0 radical (unpaired) electrons. The molecule has 1 N–H and O–H groups in total. The Bertz CT molecular complexity index is 359. The van der Waals surface area contributed by atoms with Crippen molar-refractivity contribution in [2.45, 2.75) is 4.90 Å². The van der Waals surface area contributed by atoms with Gasteiger partial charge < -0.3 is 5.11 Å². The van der Waals surface area contributed by atoms with Gasteiger partial charge in [-0.05, 0) is 12.1 Å². The average Bonchev–Trinajstić information content (AvgIpc) is 1.86. The van der Waals surface area contributed by atoms with E-state index in [0.717, 1.165) is 6.26 Å². The second-order valence-electron chi connectivity index (χ2n) is 2.24. The van der Waals surface area contributed by atoms with Crippen molar-refractivity contribution in [1.82, 2.24) is 0 Å². The first kappa shape index (κ1) is 11.3. The summed E-state index contributed by atoms with van der Waals surface area (Å²) in [6.07, 6.45) is 1.06. The quantitative estimate of drug-likeness (QED) is 0.755. The highest BCUT2D eigenvalue weighted by Crippen LogP contribution is 2.20. The molecule has 1 aromatic rings. The van der Waals surface area contributed by atoms with Gasteiger partial charge in [-0.3, -0.25) is 0 Å². The van der Waals surface area contributed by atoms with Crippen molar-refractivity contribution in [3.63, 3.8) is 0 Å². The Kier molecular flexibility index (Phi) is 3.55. The third-order valence-corrected chi connectivity index (χ3v) is 2.41. The average molecular weight is 209 g/mol. The molecule has 68 valence electrons. The molecule has 0 saturated carbocycles. The van der Waals surface area contributed by atoms with Crippen molar-refractivity contribution >= 4 is 22.2 Å². The van der Waals surface area contributed by atoms with Crippen LogP contribution >= 0.6 is 12.4 Å². The van der Waals surface area contributed by atoms with Gasteiger partial charge in [-0.1, -0.05) is 12.1 Å². The van der Waals surface area contributed by atoms with Gasteiger partial charge in [0, 0.05) is 6.26 Å². The van der Waals surface area contributed by atoms with Gasteiger partial charge in [0.15, 0.2) is 9.84 Å². The van der Waals surface area contributed by atoms with Crippen LogP contribution in [0.15, 0.2) is 29.2 Å². The summed E-state index contributed by atoms with van der Waals surface area (Å²) in [5.41, 5.74) is 0. The number of halogens is 1. The molecule has 1 aromatic carbocycles. The summed E-state index contributed by atoms with van der Waals surface area (Å²) in [6.45, 7) is 0. The molecule has 0 fully saturated rings. The van der Waals surface area contributed by atoms with E-state index in [2.05, 4.69) is 0 Å². The zero-order valence-corrected chi connectivity index (χ0v) is 8.02. The smallest absolute Gasteiger partial charge is 0.179 e. The molecule has 3 nitrogen and oxygen atoms in total. The molecule has 0 unspecified atom stereocenters. The van der Waals surface area contributed by atoms with E-state index in [9.17, 15) is 8.42 Å². The van der Waals surface area contributed by atoms with E-state index >= 15 is 0 Å². The highest BCUT2D eigenvalue weighted by molar-refractivity contribution is 7.90. The third-order valence-electron chi connectivity index (χ3n) is 1.26. The fourth-order valence-electron chi connectivity index (χ4n) is 0.771. The van der Waals surface area contributed by atoms with E-state index in [1.54, 1.807) is 12.1 Å². The number of hydrogen-bond donors (Lipinski definition) is 1. The molecule has 5 heteroatoms. The minimum Gasteiger partial charge on any atom is -0.507 e. The number of sulfone groups is 1. The van der Waals surface area contributed by atoms with Crippen molar-refractivity contribution in [3.8, 4) is 5.75 Å². The Balaban J connectivity index is 0.00000121. The maximum atomic E-state index is 10.9. The summed E-state index contributed by atoms with van der Waals surface area (Å²) in [5, 5.41) is 9.07. The van der Waals surface area contributed by atoms with Gasteiger partial charge in [0.25, 0.3) is 0 Å². The van der Waals surface area contributed by atoms with Crippen LogP contribution in [-0.2, 0) is 9.84 Å². The lowest BCUT2D eigenvalue weighted by Crippen LogP contribution is -1.96. The number of aromatic hydroxyl groups is 1. The summed E-state index contributed by atoms with van der Waals surface area (Å²) in [4.78, 5) is -0.0278. The van der Waals surface area contributed by atoms with E-state index in [0.29, 0.717) is 0 Å². The van der Waals surface area contributed by atoms with E-state index in [1.807, 2.05) is 0 Å². The summed E-state index contributed by atoms with van der Waals surface area (Å²) in [5.74, 6) is -0.199. The Morgan fingerprint density at radius 2 is 1.75 bits per heavy atom. The second kappa shape index (κ2) is 3.78. The number of phenolic OH excluding ortho intramolecular Hbond substituents is 1. The predicted octanol–water partition coefficient (Wildman–Crippen LogP) is 1.22. The highest BCUT2D eigenvalue weighted by Gasteiger charge is 2.10. The van der Waals surface area contributed by atoms with Gasteiger partial charge in [0.05, 0.1) is 0 Å². The molecule has 0 saturated heterocycles. The van der Waals surface area contributed by atoms with E-state index in [4.69, 9.17) is 5.11 Å². The Morgan fingerprint density at radius 1 is 1.25 bits per heavy atom. The lowest BCUT2D eigenvalue weighted by Gasteiger charge is -1.99. The number of hydrogen-bond acceptors (Lipinski definition) is 3. The van der Waals surface area contributed by atoms with Gasteiger partial charge in [-0.25, -0.2) is 8.42 Å². The lowest BCUT2D eigenvalue weighted by atomic mass is 10.3. The molecule has 0 aliphatic carbocycles. The molecular formula is C7H9ClO3S. The van der Waals surface area contributed by atoms with Crippen molar-refractivity contribution in [2.75, 3.05) is 6.26 Å². The minimum absolute atomic E-state index is 0. The molecule has 0 bridgehead atoms. The van der Waals surface area contributed by atoms with Crippen LogP contribution in [0.2, 0.25) is 0 Å². The van der Waals surface area contributed by atoms with Gasteiger partial charge in [-0.2, -0.15) is 0 Å². The van der Waals surface area contributed by atoms with Crippen molar-refractivity contribution < 1.29 is 13.5 Å². The van der Waals surface area contributed by atoms with Gasteiger partial charge in [0.1, 0.15) is 10.6 Å². The zero-order valence-electron chi connectivity index (χ0n) is 6.39. The Hall–Kier alpha value is -0.740. The van der Waals surface area contributed by atoms with Crippen LogP contribution in [0.1, 0.15) is 0 Å². The summed E-state index contributed by atoms with van der Waals surface area (Å²) in [6, 6.07) is 5.85. The van der Waals surface area contributed by atoms with E-state index in [-0.39, 0.29) is 23.1 Å². The number of benzene rings is 1. The fraction of sp³-hybridized carbons (Fsp3) is 0.143. The van der Waals surface area contributed by atoms with Gasteiger partial charge in [0.2, 0.25) is 0 Å². The van der Waals surface area contributed by atoms with Crippen LogP contribution in [0.3, 0.4) is 0 Å². The van der Waals surface area contributed by atoms with Crippen molar-refractivity contribution in [3.05, 3.63) is 24.3 Å². The zero-order chi connectivity index (χ0) is 8.48. The van der Waals surface area contributed by atoms with Crippen molar-refractivity contribution in [2.24, 2.45) is 0 Å². The molecule has 0 aliphatic heterocycles. The first-order valence-electron chi connectivity index (χ1n) is 3.00. The maximum absolute atomic E-state index is 10.9. The van der Waals surface area contributed by atoms with Crippen molar-refractivity contribution in [1.29, 1.82) is 0 Å². The lowest BCUT2D eigenvalue weighted by molar-refractivity contribution is 0.459. The normalized spacial score (nSPS) is 10.4. The number of rotatable bonds is 1. The first-order valence-corrected chi connectivity index (χ1v) is 4.89. The molecule has 0 heterocycles. The van der Waals surface area contributed by atoms with E-state index < -0.39 is 9.84 Å². The Morgan fingerprint density at radius 3 is 2.08 bits per heavy atom. The van der Waals surface area contributed by atoms with Crippen LogP contribution in [0.4, 0.5) is 0 Å². The standard InChI is InChI=1S/C7H8O3S.ClH/c1-11(9,10)7-5-3-2-4-6(7)8;/h2-5,8H,1H3;1H. The molecular weight excluding hydrogens is 200 g/mol. The number of para-hydroxylation sites is 1. The van der Waals surface area contributed by atoms with Crippen LogP contribution in [0, 0.1) is 0 Å². The topological polar surface area (TPSA) is 54.4 Å². The monoisotopic (exact) mass is 208 g/mol. The van der Waals surface area contributed by atoms with Gasteiger partial charge in [-0.15, -0.1) is 12.4 Å². The minimum atomic E-state index is -3.28. The summed E-state index contributed by atoms with van der Waals surface area (Å²) in [7, 11) is -3.28. The molecule has 0 amide bonds. The molecule has 12 heavy (non-hydrogen) atoms. The molecule has 0 spiro atoms. The maximum Gasteiger partial charge on any atom is 0.179 e. The van der Waals surface area contributed by atoms with Crippen LogP contribution < -0.4 is 0 Å². The van der Waals surface area contributed by atoms with E-state index in [1.165, 1.54) is 12.1 Å². The van der Waals surface area contributed by atoms with Gasteiger partial charge >= 0.3 is 0 Å². The largest absolute Gasteiger partial charge is 0.507 e. The number of phenols is 1. The second-order valence-corrected chi connectivity index (χ2v) is 4.22. The Labute approximate surface area is 77.4 Å². The highest BCUT2D eigenvalue weighted by atomic mass is 35.5. The predicted molar refractivity (Wildman–Crippen MR) is 48.5 cm³/mol. The summed E-state index contributed by atoms with van der Waals surface area (Å²) < 4.78 is 21.8. The first-order chi connectivity index (χ1) is 5.02. The molecule has 0 atom stereocenters. The fourth-order valence-corrected chi connectivity index (χ4v) is 1.54. The molecule has 0 aliphatic rings. The van der Waals surface area contributed by atoms with Crippen LogP contribution in [0.5, 0.6) is 5.75 Å². The summed E-state index contributed by atoms with van der Waals surface area (Å²) >= 11 is 0. The third kappa shape index (κ3) is 2.39. The molecule has 1 rings (SSSR count). The molecule has 0 aromatic heterocycles.